The summed E-state index contributed by atoms with van der Waals surface area (Å²) in [6.07, 6.45) is 2.74. The summed E-state index contributed by atoms with van der Waals surface area (Å²) in [4.78, 5) is 20.9. The molecule has 0 atom stereocenters. The molecule has 1 saturated heterocycles. The number of carbonyl (C=O) groups excluding carboxylic acids is 1. The van der Waals surface area contributed by atoms with Crippen LogP contribution in [0, 0.1) is 0 Å². The number of hydrogen-bond donors (Lipinski definition) is 0. The summed E-state index contributed by atoms with van der Waals surface area (Å²) in [5, 5.41) is 1.05. The minimum absolute atomic E-state index is 0.157. The molecule has 2 aliphatic rings. The van der Waals surface area contributed by atoms with E-state index in [-0.39, 0.29) is 5.91 Å². The van der Waals surface area contributed by atoms with Crippen molar-refractivity contribution in [2.24, 2.45) is 0 Å². The van der Waals surface area contributed by atoms with Crippen molar-refractivity contribution >= 4 is 34.9 Å². The molecule has 148 valence electrons. The van der Waals surface area contributed by atoms with Crippen LogP contribution in [0.4, 0.5) is 5.82 Å². The van der Waals surface area contributed by atoms with Gasteiger partial charge in [0, 0.05) is 38.8 Å². The third-order valence-electron chi connectivity index (χ3n) is 4.95. The van der Waals surface area contributed by atoms with Gasteiger partial charge in [0.25, 0.3) is 0 Å². The summed E-state index contributed by atoms with van der Waals surface area (Å²) in [6.45, 7) is 3.84. The molecule has 8 heteroatoms. The van der Waals surface area contributed by atoms with Crippen molar-refractivity contribution in [2.75, 3.05) is 44.3 Å². The van der Waals surface area contributed by atoms with Crippen LogP contribution in [-0.2, 0) is 11.2 Å². The number of carbonyl (C=O) groups is 1. The monoisotopic (exact) mass is 421 g/mol. The quantitative estimate of drug-likeness (QED) is 0.756. The van der Waals surface area contributed by atoms with E-state index >= 15 is 0 Å². The molecule has 2 aliphatic heterocycles. The van der Waals surface area contributed by atoms with Gasteiger partial charge in [0.15, 0.2) is 11.5 Å². The fourth-order valence-electron chi connectivity index (χ4n) is 3.46. The fraction of sp³-hybridized carbons (Fsp3) is 0.400. The number of anilines is 1. The second-order valence-electron chi connectivity index (χ2n) is 6.80. The van der Waals surface area contributed by atoms with Gasteiger partial charge in [0.05, 0.1) is 10.0 Å². The SMILES string of the molecule is O=C(CCc1ccc2c(c1)OCCO2)N1CCN(c2ncc(Cl)cc2Cl)CC1. The molecule has 0 N–H and O–H groups in total. The maximum atomic E-state index is 12.6. The van der Waals surface area contributed by atoms with E-state index in [0.29, 0.717) is 62.3 Å². The van der Waals surface area contributed by atoms with Gasteiger partial charge in [-0.3, -0.25) is 4.79 Å². The molecule has 4 rings (SSSR count). The number of fused-ring (bicyclic) bond motifs is 1. The highest BCUT2D eigenvalue weighted by Crippen LogP contribution is 2.31. The van der Waals surface area contributed by atoms with Crippen LogP contribution in [0.1, 0.15) is 12.0 Å². The highest BCUT2D eigenvalue weighted by atomic mass is 35.5. The molecule has 1 fully saturated rings. The lowest BCUT2D eigenvalue weighted by molar-refractivity contribution is -0.131. The van der Waals surface area contributed by atoms with E-state index in [4.69, 9.17) is 32.7 Å². The van der Waals surface area contributed by atoms with Crippen molar-refractivity contribution in [1.82, 2.24) is 9.88 Å². The summed E-state index contributed by atoms with van der Waals surface area (Å²) < 4.78 is 11.1. The molecule has 28 heavy (non-hydrogen) atoms. The first-order valence-electron chi connectivity index (χ1n) is 9.32. The highest BCUT2D eigenvalue weighted by molar-refractivity contribution is 6.36. The van der Waals surface area contributed by atoms with Gasteiger partial charge in [0.1, 0.15) is 19.0 Å². The van der Waals surface area contributed by atoms with Crippen LogP contribution in [0.2, 0.25) is 10.0 Å². The van der Waals surface area contributed by atoms with Gasteiger partial charge in [0.2, 0.25) is 5.91 Å². The minimum Gasteiger partial charge on any atom is -0.486 e. The van der Waals surface area contributed by atoms with Crippen LogP contribution in [0.5, 0.6) is 11.5 Å². The van der Waals surface area contributed by atoms with E-state index in [1.165, 1.54) is 0 Å². The molecule has 2 aromatic rings. The molecule has 1 amide bonds. The number of ether oxygens (including phenoxy) is 2. The molecule has 1 aromatic heterocycles. The van der Waals surface area contributed by atoms with E-state index in [2.05, 4.69) is 9.88 Å². The Hall–Kier alpha value is -2.18. The summed E-state index contributed by atoms with van der Waals surface area (Å²) in [5.41, 5.74) is 1.08. The van der Waals surface area contributed by atoms with Gasteiger partial charge in [-0.2, -0.15) is 0 Å². The molecule has 6 nitrogen and oxygen atoms in total. The van der Waals surface area contributed by atoms with Crippen molar-refractivity contribution in [2.45, 2.75) is 12.8 Å². The molecule has 0 bridgehead atoms. The largest absolute Gasteiger partial charge is 0.486 e. The molecule has 0 aliphatic carbocycles. The first-order valence-corrected chi connectivity index (χ1v) is 10.1. The van der Waals surface area contributed by atoms with Gasteiger partial charge in [-0.15, -0.1) is 0 Å². The molecule has 0 radical (unpaired) electrons. The Morgan fingerprint density at radius 3 is 2.54 bits per heavy atom. The molecule has 3 heterocycles. The van der Waals surface area contributed by atoms with Crippen LogP contribution in [0.3, 0.4) is 0 Å². The number of rotatable bonds is 4. The molecule has 0 saturated carbocycles. The van der Waals surface area contributed by atoms with Crippen molar-refractivity contribution < 1.29 is 14.3 Å². The van der Waals surface area contributed by atoms with Crippen molar-refractivity contribution in [3.63, 3.8) is 0 Å². The molecule has 1 aromatic carbocycles. The Balaban J connectivity index is 1.29. The Kier molecular flexibility index (Phi) is 5.78. The third-order valence-corrected chi connectivity index (χ3v) is 5.44. The van der Waals surface area contributed by atoms with Crippen LogP contribution < -0.4 is 14.4 Å². The summed E-state index contributed by atoms with van der Waals surface area (Å²) in [7, 11) is 0. The van der Waals surface area contributed by atoms with E-state index in [9.17, 15) is 4.79 Å². The highest BCUT2D eigenvalue weighted by Gasteiger charge is 2.23. The zero-order valence-corrected chi connectivity index (χ0v) is 16.9. The Morgan fingerprint density at radius 2 is 1.79 bits per heavy atom. The van der Waals surface area contributed by atoms with Crippen LogP contribution in [-0.4, -0.2) is 55.2 Å². The topological polar surface area (TPSA) is 54.9 Å². The maximum absolute atomic E-state index is 12.6. The Labute approximate surface area is 173 Å². The van der Waals surface area contributed by atoms with Gasteiger partial charge < -0.3 is 19.3 Å². The first kappa shape index (κ1) is 19.2. The van der Waals surface area contributed by atoms with Crippen LogP contribution in [0.25, 0.3) is 0 Å². The van der Waals surface area contributed by atoms with Gasteiger partial charge in [-0.1, -0.05) is 29.3 Å². The second kappa shape index (κ2) is 8.45. The standard InChI is InChI=1S/C20H21Cl2N3O3/c21-15-12-16(22)20(23-13-15)25-7-5-24(6-8-25)19(26)4-2-14-1-3-17-18(11-14)28-10-9-27-17/h1,3,11-13H,2,4-10H2. The van der Waals surface area contributed by atoms with Crippen LogP contribution in [0.15, 0.2) is 30.5 Å². The maximum Gasteiger partial charge on any atom is 0.223 e. The smallest absolute Gasteiger partial charge is 0.223 e. The molecule has 0 unspecified atom stereocenters. The second-order valence-corrected chi connectivity index (χ2v) is 7.65. The lowest BCUT2D eigenvalue weighted by atomic mass is 10.1. The minimum atomic E-state index is 0.157. The lowest BCUT2D eigenvalue weighted by Gasteiger charge is -2.35. The third kappa shape index (κ3) is 4.28. The summed E-state index contributed by atoms with van der Waals surface area (Å²) in [5.74, 6) is 2.41. The number of hydrogen-bond acceptors (Lipinski definition) is 5. The zero-order chi connectivity index (χ0) is 19.5. The average Bonchev–Trinajstić information content (AvgIpc) is 2.72. The number of aromatic nitrogens is 1. The number of benzene rings is 1. The zero-order valence-electron chi connectivity index (χ0n) is 15.4. The van der Waals surface area contributed by atoms with Crippen LogP contribution >= 0.6 is 23.2 Å². The number of halogens is 2. The number of pyridine rings is 1. The number of nitrogens with zero attached hydrogens (tertiary/aromatic N) is 3. The molecular formula is C20H21Cl2N3O3. The normalized spacial score (nSPS) is 16.2. The van der Waals surface area contributed by atoms with E-state index in [0.717, 1.165) is 22.9 Å². The number of piperazine rings is 1. The fourth-order valence-corrected chi connectivity index (χ4v) is 3.96. The number of aryl methyl sites for hydroxylation is 1. The van der Waals surface area contributed by atoms with Gasteiger partial charge in [-0.25, -0.2) is 4.98 Å². The summed E-state index contributed by atoms with van der Waals surface area (Å²) >= 11 is 12.2. The average molecular weight is 422 g/mol. The van der Waals surface area contributed by atoms with Gasteiger partial charge >= 0.3 is 0 Å². The van der Waals surface area contributed by atoms with Gasteiger partial charge in [-0.05, 0) is 30.2 Å². The van der Waals surface area contributed by atoms with Crippen molar-refractivity contribution in [3.05, 3.63) is 46.1 Å². The predicted octanol–water partition coefficient (Wildman–Crippen LogP) is 3.44. The predicted molar refractivity (Wildman–Crippen MR) is 109 cm³/mol. The van der Waals surface area contributed by atoms with Crippen molar-refractivity contribution in [3.8, 4) is 11.5 Å². The van der Waals surface area contributed by atoms with E-state index in [1.807, 2.05) is 23.1 Å². The molecule has 0 spiro atoms. The first-order chi connectivity index (χ1) is 13.6. The van der Waals surface area contributed by atoms with E-state index < -0.39 is 0 Å². The summed E-state index contributed by atoms with van der Waals surface area (Å²) in [6, 6.07) is 7.56. The lowest BCUT2D eigenvalue weighted by Crippen LogP contribution is -2.49. The number of amides is 1. The Morgan fingerprint density at radius 1 is 1.04 bits per heavy atom. The molecular weight excluding hydrogens is 401 g/mol. The van der Waals surface area contributed by atoms with E-state index in [1.54, 1.807) is 12.3 Å². The Bertz CT molecular complexity index is 870. The van der Waals surface area contributed by atoms with Crippen molar-refractivity contribution in [1.29, 1.82) is 0 Å².